The van der Waals surface area contributed by atoms with Gasteiger partial charge in [-0.25, -0.2) is 9.59 Å². The van der Waals surface area contributed by atoms with Crippen LogP contribution in [0.2, 0.25) is 0 Å². The summed E-state index contributed by atoms with van der Waals surface area (Å²) in [4.78, 5) is 21.2. The van der Waals surface area contributed by atoms with Gasteiger partial charge in [0.15, 0.2) is 34.5 Å². The third kappa shape index (κ3) is 8.14. The summed E-state index contributed by atoms with van der Waals surface area (Å²) in [6, 6.07) is 13.9. The van der Waals surface area contributed by atoms with Gasteiger partial charge in [0.05, 0.1) is 25.3 Å². The number of hydrogen-bond donors (Lipinski definition) is 9. The molecule has 0 unspecified atom stereocenters. The third-order valence-electron chi connectivity index (χ3n) is 8.46. The fourth-order valence-corrected chi connectivity index (χ4v) is 7.15. The van der Waals surface area contributed by atoms with Gasteiger partial charge in [-0.1, -0.05) is 0 Å². The molecule has 6 rings (SSSR count). The van der Waals surface area contributed by atoms with Crippen LogP contribution in [0.1, 0.15) is 20.7 Å². The van der Waals surface area contributed by atoms with Crippen molar-refractivity contribution in [3.63, 3.8) is 0 Å². The van der Waals surface area contributed by atoms with E-state index in [9.17, 15) is 66.2 Å². The predicted octanol–water partition coefficient (Wildman–Crippen LogP) is 7.30. The second kappa shape index (κ2) is 15.4. The number of phenolic OH excluding ortho intramolecular Hbond substituents is 4. The van der Waals surface area contributed by atoms with E-state index < -0.39 is 87.5 Å². The maximum absolute atomic E-state index is 12.5. The molecule has 0 aliphatic carbocycles. The maximum atomic E-state index is 12.5. The van der Waals surface area contributed by atoms with E-state index in [0.29, 0.717) is 0 Å². The number of aromatic carboxylic acids is 2. The smallest absolute Gasteiger partial charge is 0.335 e. The van der Waals surface area contributed by atoms with Crippen LogP contribution in [0.4, 0.5) is 34.1 Å². The van der Waals surface area contributed by atoms with E-state index in [1.54, 1.807) is 0 Å². The lowest BCUT2D eigenvalue weighted by Gasteiger charge is -2.13. The minimum atomic E-state index is -5.11. The second-order valence-electron chi connectivity index (χ2n) is 12.2. The van der Waals surface area contributed by atoms with Gasteiger partial charge < -0.3 is 45.4 Å². The summed E-state index contributed by atoms with van der Waals surface area (Å²) in [7, 11) is -7.93. The van der Waals surface area contributed by atoms with Gasteiger partial charge in [0.25, 0.3) is 20.2 Å². The summed E-state index contributed by atoms with van der Waals surface area (Å²) in [5.74, 6) is -6.31. The Morgan fingerprint density at radius 3 is 1.25 bits per heavy atom. The molecule has 0 radical (unpaired) electrons. The summed E-state index contributed by atoms with van der Waals surface area (Å²) < 4.78 is 80.1. The first-order valence-electron chi connectivity index (χ1n) is 16.1. The van der Waals surface area contributed by atoms with Crippen molar-refractivity contribution >= 4 is 87.8 Å². The van der Waals surface area contributed by atoms with Gasteiger partial charge in [0.2, 0.25) is 0 Å². The van der Waals surface area contributed by atoms with E-state index in [-0.39, 0.29) is 55.8 Å². The number of ether oxygens (including phenoxy) is 2. The molecular weight excluding hydrogens is 823 g/mol. The van der Waals surface area contributed by atoms with Crippen LogP contribution in [0.5, 0.6) is 34.5 Å². The van der Waals surface area contributed by atoms with E-state index in [4.69, 9.17) is 9.47 Å². The van der Waals surface area contributed by atoms with Gasteiger partial charge in [0, 0.05) is 22.1 Å². The Morgan fingerprint density at radius 2 is 0.932 bits per heavy atom. The summed E-state index contributed by atoms with van der Waals surface area (Å²) in [6.07, 6.45) is 0. The second-order valence-corrected chi connectivity index (χ2v) is 15.0. The van der Waals surface area contributed by atoms with Crippen LogP contribution in [0.15, 0.2) is 103 Å². The molecule has 0 atom stereocenters. The molecule has 0 saturated carbocycles. The number of carboxylic acid groups (broad SMARTS) is 2. The molecule has 0 heterocycles. The Morgan fingerprint density at radius 1 is 0.559 bits per heavy atom. The van der Waals surface area contributed by atoms with Gasteiger partial charge in [-0.15, -0.1) is 20.5 Å². The Hall–Kier alpha value is -7.60. The van der Waals surface area contributed by atoms with E-state index in [2.05, 4.69) is 25.8 Å². The van der Waals surface area contributed by atoms with Crippen LogP contribution in [0, 0.1) is 0 Å². The fraction of sp³-hybridized carbons (Fsp3) is 0.0556. The molecule has 0 spiro atoms. The number of phenols is 4. The first kappa shape index (κ1) is 41.0. The molecule has 23 heteroatoms. The summed E-state index contributed by atoms with van der Waals surface area (Å²) in [5, 5.41) is 79.5. The van der Waals surface area contributed by atoms with Crippen LogP contribution in [-0.2, 0) is 20.2 Å². The first-order chi connectivity index (χ1) is 27.7. The van der Waals surface area contributed by atoms with Crippen molar-refractivity contribution < 1.29 is 75.6 Å². The van der Waals surface area contributed by atoms with E-state index in [0.717, 1.165) is 50.6 Å². The van der Waals surface area contributed by atoms with Gasteiger partial charge in [-0.3, -0.25) is 9.11 Å². The molecule has 0 aliphatic heterocycles. The normalized spacial score (nSPS) is 12.1. The lowest BCUT2D eigenvalue weighted by atomic mass is 10.1. The number of carbonyl (C=O) groups is 2. The number of carboxylic acids is 2. The van der Waals surface area contributed by atoms with Crippen molar-refractivity contribution in [1.29, 1.82) is 0 Å². The number of nitrogens with zero attached hydrogens (tertiary/aromatic N) is 4. The maximum Gasteiger partial charge on any atom is 0.335 e. The van der Waals surface area contributed by atoms with Crippen molar-refractivity contribution in [2.24, 2.45) is 20.5 Å². The zero-order valence-electron chi connectivity index (χ0n) is 29.9. The van der Waals surface area contributed by atoms with Crippen LogP contribution in [0.25, 0.3) is 21.5 Å². The quantitative estimate of drug-likeness (QED) is 0.0430. The fourth-order valence-electron chi connectivity index (χ4n) is 5.83. The minimum absolute atomic E-state index is 0.0106. The van der Waals surface area contributed by atoms with Gasteiger partial charge >= 0.3 is 11.9 Å². The first-order valence-corrected chi connectivity index (χ1v) is 19.0. The van der Waals surface area contributed by atoms with E-state index in [1.807, 2.05) is 0 Å². The molecule has 304 valence electrons. The highest BCUT2D eigenvalue weighted by Gasteiger charge is 2.25. The molecule has 6 aromatic rings. The molecule has 59 heavy (non-hydrogen) atoms. The van der Waals surface area contributed by atoms with Crippen molar-refractivity contribution in [2.75, 3.05) is 19.5 Å². The Labute approximate surface area is 330 Å². The SMILES string of the molecule is COc1c(O)cc(C(=O)O)cc1N=Nc1c(S(=O)(=O)O)cc2cc(Nc3ccc4c(O)c(N=Nc5cc(C(=O)O)cc(O)c5OC)c(S(=O)(=O)O)cc4c3)ccc2c1O. The Kier molecular flexibility index (Phi) is 10.7. The van der Waals surface area contributed by atoms with Crippen LogP contribution >= 0.6 is 0 Å². The number of azo groups is 2. The van der Waals surface area contributed by atoms with Crippen LogP contribution in [-0.4, -0.2) is 82.7 Å². The van der Waals surface area contributed by atoms with Gasteiger partial charge in [-0.05, 0) is 83.6 Å². The number of anilines is 2. The molecule has 6 aromatic carbocycles. The van der Waals surface area contributed by atoms with E-state index >= 15 is 0 Å². The highest BCUT2D eigenvalue weighted by Crippen LogP contribution is 2.46. The predicted molar refractivity (Wildman–Crippen MR) is 206 cm³/mol. The molecule has 0 amide bonds. The summed E-state index contributed by atoms with van der Waals surface area (Å²) >= 11 is 0. The molecule has 0 bridgehead atoms. The third-order valence-corrected chi connectivity index (χ3v) is 10.2. The standard InChI is InChI=1S/C36H27N5O16S2/c1-56-33-23(9-17(35(46)47)11-25(33)42)38-40-29-27(58(50,51)52)13-15-7-19(3-5-21(15)31(29)44)37-20-4-6-22-16(8-20)14-28(59(53,54)55)30(32(22)45)41-39-24-10-18(36(48)49)12-26(43)34(24)57-2/h3-14,37,42-45H,1-2H3,(H,46,47)(H,48,49)(H,50,51,52)(H,53,54,55). The Balaban J connectivity index is 1.39. The van der Waals surface area contributed by atoms with Crippen LogP contribution in [0.3, 0.4) is 0 Å². The van der Waals surface area contributed by atoms with Crippen molar-refractivity contribution in [2.45, 2.75) is 9.79 Å². The number of fused-ring (bicyclic) bond motifs is 2. The topological polar surface area (TPSA) is 344 Å². The number of benzene rings is 6. The number of hydrogen-bond acceptors (Lipinski definition) is 17. The lowest BCUT2D eigenvalue weighted by Crippen LogP contribution is -2.00. The Bertz CT molecular complexity index is 2860. The highest BCUT2D eigenvalue weighted by atomic mass is 32.2. The van der Waals surface area contributed by atoms with Crippen molar-refractivity contribution in [3.05, 3.63) is 83.9 Å². The minimum Gasteiger partial charge on any atom is -0.505 e. The van der Waals surface area contributed by atoms with Crippen molar-refractivity contribution in [1.82, 2.24) is 0 Å². The number of rotatable bonds is 12. The molecule has 0 aromatic heterocycles. The van der Waals surface area contributed by atoms with Crippen LogP contribution < -0.4 is 14.8 Å². The monoisotopic (exact) mass is 849 g/mol. The average Bonchev–Trinajstić information content (AvgIpc) is 3.15. The molecule has 0 saturated heterocycles. The zero-order chi connectivity index (χ0) is 43.1. The van der Waals surface area contributed by atoms with Crippen molar-refractivity contribution in [3.8, 4) is 34.5 Å². The molecule has 0 aliphatic rings. The van der Waals surface area contributed by atoms with Gasteiger partial charge in [0.1, 0.15) is 32.5 Å². The number of nitrogens with one attached hydrogen (secondary N) is 1. The molecule has 21 nitrogen and oxygen atoms in total. The largest absolute Gasteiger partial charge is 0.505 e. The molecule has 9 N–H and O–H groups in total. The van der Waals surface area contributed by atoms with E-state index in [1.165, 1.54) is 36.4 Å². The number of methoxy groups -OCH3 is 2. The molecular formula is C36H27N5O16S2. The summed E-state index contributed by atoms with van der Waals surface area (Å²) in [5.41, 5.74) is -2.53. The zero-order valence-corrected chi connectivity index (χ0v) is 31.5. The van der Waals surface area contributed by atoms with Gasteiger partial charge in [-0.2, -0.15) is 16.8 Å². The lowest BCUT2D eigenvalue weighted by molar-refractivity contribution is 0.0685. The number of aromatic hydroxyl groups is 4. The summed E-state index contributed by atoms with van der Waals surface area (Å²) in [6.45, 7) is 0. The molecule has 0 fully saturated rings. The highest BCUT2D eigenvalue weighted by molar-refractivity contribution is 7.86. The average molecular weight is 850 g/mol.